The standard InChI is InChI=1S/C11H15N3O4S/c1-7-2-3-8(19-7)4-13-11(18)14(5-9(12)15)6-10(16)17/h2-3H,4-6H2,1H3,(H2,12,15)(H,13,18)(H,16,17). The summed E-state index contributed by atoms with van der Waals surface area (Å²) in [4.78, 5) is 36.0. The molecule has 0 aliphatic rings. The first kappa shape index (κ1) is 15.0. The lowest BCUT2D eigenvalue weighted by molar-refractivity contribution is -0.137. The molecule has 3 amide bonds. The molecule has 7 nitrogen and oxygen atoms in total. The average Bonchev–Trinajstić information content (AvgIpc) is 2.70. The van der Waals surface area contributed by atoms with Crippen molar-refractivity contribution < 1.29 is 19.5 Å². The maximum atomic E-state index is 11.7. The second-order valence-electron chi connectivity index (χ2n) is 3.89. The number of rotatable bonds is 6. The summed E-state index contributed by atoms with van der Waals surface area (Å²) >= 11 is 1.53. The van der Waals surface area contributed by atoms with Crippen LogP contribution >= 0.6 is 11.3 Å². The summed E-state index contributed by atoms with van der Waals surface area (Å²) in [5.41, 5.74) is 4.97. The normalized spacial score (nSPS) is 9.95. The van der Waals surface area contributed by atoms with Gasteiger partial charge in [0.05, 0.1) is 6.54 Å². The van der Waals surface area contributed by atoms with Gasteiger partial charge in [0.25, 0.3) is 0 Å². The highest BCUT2D eigenvalue weighted by Crippen LogP contribution is 2.14. The highest BCUT2D eigenvalue weighted by molar-refractivity contribution is 7.11. The van der Waals surface area contributed by atoms with Gasteiger partial charge < -0.3 is 21.1 Å². The molecule has 1 aromatic heterocycles. The quantitative estimate of drug-likeness (QED) is 0.689. The minimum absolute atomic E-state index is 0.284. The van der Waals surface area contributed by atoms with Crippen LogP contribution in [0.15, 0.2) is 12.1 Å². The van der Waals surface area contributed by atoms with Crippen LogP contribution in [0.25, 0.3) is 0 Å². The molecule has 4 N–H and O–H groups in total. The Labute approximate surface area is 114 Å². The number of nitrogens with one attached hydrogen (secondary N) is 1. The third-order valence-corrected chi connectivity index (χ3v) is 3.17. The second-order valence-corrected chi connectivity index (χ2v) is 5.26. The minimum atomic E-state index is -1.21. The second kappa shape index (κ2) is 6.74. The number of carbonyl (C=O) groups is 3. The number of carboxylic acids is 1. The number of hydrogen-bond acceptors (Lipinski definition) is 4. The molecule has 0 aliphatic heterocycles. The summed E-state index contributed by atoms with van der Waals surface area (Å²) in [6.45, 7) is 1.23. The molecular weight excluding hydrogens is 270 g/mol. The number of nitrogens with two attached hydrogens (primary N) is 1. The van der Waals surface area contributed by atoms with E-state index in [0.29, 0.717) is 0 Å². The van der Waals surface area contributed by atoms with Gasteiger partial charge in [-0.2, -0.15) is 0 Å². The molecule has 0 radical (unpaired) electrons. The van der Waals surface area contributed by atoms with Crippen LogP contribution in [0, 0.1) is 6.92 Å². The molecular formula is C11H15N3O4S. The van der Waals surface area contributed by atoms with Gasteiger partial charge in [0.2, 0.25) is 5.91 Å². The molecule has 1 aromatic rings. The van der Waals surface area contributed by atoms with Gasteiger partial charge in [-0.15, -0.1) is 11.3 Å². The summed E-state index contributed by atoms with van der Waals surface area (Å²) < 4.78 is 0. The number of urea groups is 1. The third-order valence-electron chi connectivity index (χ3n) is 2.17. The fourth-order valence-corrected chi connectivity index (χ4v) is 2.24. The van der Waals surface area contributed by atoms with Crippen molar-refractivity contribution in [3.63, 3.8) is 0 Å². The lowest BCUT2D eigenvalue weighted by Crippen LogP contribution is -2.46. The largest absolute Gasteiger partial charge is 0.480 e. The number of nitrogens with zero attached hydrogens (tertiary/aromatic N) is 1. The fraction of sp³-hybridized carbons (Fsp3) is 0.364. The van der Waals surface area contributed by atoms with E-state index in [1.54, 1.807) is 0 Å². The Kier molecular flexibility index (Phi) is 5.31. The first-order valence-electron chi connectivity index (χ1n) is 5.46. The Morgan fingerprint density at radius 2 is 2.05 bits per heavy atom. The SMILES string of the molecule is Cc1ccc(CNC(=O)N(CC(N)=O)CC(=O)O)s1. The van der Waals surface area contributed by atoms with E-state index >= 15 is 0 Å². The summed E-state index contributed by atoms with van der Waals surface area (Å²) in [5, 5.41) is 11.2. The van der Waals surface area contributed by atoms with Gasteiger partial charge in [0, 0.05) is 9.75 Å². The zero-order valence-corrected chi connectivity index (χ0v) is 11.2. The Morgan fingerprint density at radius 3 is 2.53 bits per heavy atom. The Bertz CT molecular complexity index is 470. The lowest BCUT2D eigenvalue weighted by Gasteiger charge is -2.19. The zero-order valence-electron chi connectivity index (χ0n) is 10.4. The summed E-state index contributed by atoms with van der Waals surface area (Å²) in [7, 11) is 0. The van der Waals surface area contributed by atoms with Crippen molar-refractivity contribution in [2.24, 2.45) is 5.73 Å². The van der Waals surface area contributed by atoms with Crippen molar-refractivity contribution in [2.75, 3.05) is 13.1 Å². The van der Waals surface area contributed by atoms with Crippen LogP contribution in [0.4, 0.5) is 4.79 Å². The lowest BCUT2D eigenvalue weighted by atomic mass is 10.4. The van der Waals surface area contributed by atoms with Gasteiger partial charge in [-0.3, -0.25) is 9.59 Å². The molecule has 19 heavy (non-hydrogen) atoms. The van der Waals surface area contributed by atoms with E-state index in [9.17, 15) is 14.4 Å². The van der Waals surface area contributed by atoms with Crippen molar-refractivity contribution in [1.29, 1.82) is 0 Å². The predicted octanol–water partition coefficient (Wildman–Crippen LogP) is 0.138. The molecule has 1 rings (SSSR count). The number of amides is 3. The van der Waals surface area contributed by atoms with Gasteiger partial charge in [0.1, 0.15) is 13.1 Å². The molecule has 0 aromatic carbocycles. The number of primary amides is 1. The molecule has 0 unspecified atom stereocenters. The van der Waals surface area contributed by atoms with E-state index in [4.69, 9.17) is 10.8 Å². The summed E-state index contributed by atoms with van der Waals surface area (Å²) in [5.74, 6) is -1.97. The summed E-state index contributed by atoms with van der Waals surface area (Å²) in [6.07, 6.45) is 0. The predicted molar refractivity (Wildman–Crippen MR) is 69.7 cm³/mol. The van der Waals surface area contributed by atoms with Crippen LogP contribution < -0.4 is 11.1 Å². The molecule has 0 spiro atoms. The number of carbonyl (C=O) groups excluding carboxylic acids is 2. The van der Waals surface area contributed by atoms with Crippen molar-refractivity contribution in [1.82, 2.24) is 10.2 Å². The zero-order chi connectivity index (χ0) is 14.4. The van der Waals surface area contributed by atoms with Crippen LogP contribution in [0.3, 0.4) is 0 Å². The maximum Gasteiger partial charge on any atom is 0.323 e. The smallest absolute Gasteiger partial charge is 0.323 e. The van der Waals surface area contributed by atoms with E-state index < -0.39 is 31.0 Å². The molecule has 8 heteroatoms. The van der Waals surface area contributed by atoms with Crippen LogP contribution in [-0.4, -0.2) is 41.0 Å². The first-order valence-corrected chi connectivity index (χ1v) is 6.28. The highest BCUT2D eigenvalue weighted by atomic mass is 32.1. The monoisotopic (exact) mass is 285 g/mol. The fourth-order valence-electron chi connectivity index (χ4n) is 1.41. The van der Waals surface area contributed by atoms with Gasteiger partial charge in [-0.1, -0.05) is 0 Å². The molecule has 0 bridgehead atoms. The first-order chi connectivity index (χ1) is 8.88. The summed E-state index contributed by atoms with van der Waals surface area (Å²) in [6, 6.07) is 3.16. The minimum Gasteiger partial charge on any atom is -0.480 e. The van der Waals surface area contributed by atoms with Gasteiger partial charge in [0.15, 0.2) is 0 Å². The topological polar surface area (TPSA) is 113 Å². The van der Waals surface area contributed by atoms with Gasteiger partial charge in [-0.05, 0) is 19.1 Å². The van der Waals surface area contributed by atoms with Crippen LogP contribution in [0.1, 0.15) is 9.75 Å². The Balaban J connectivity index is 2.55. The number of aliphatic carboxylic acids is 1. The molecule has 0 atom stereocenters. The van der Waals surface area contributed by atoms with Gasteiger partial charge in [-0.25, -0.2) is 4.79 Å². The molecule has 0 fully saturated rings. The Hall–Kier alpha value is -2.09. The molecule has 0 saturated carbocycles. The van der Waals surface area contributed by atoms with Crippen LogP contribution in [0.2, 0.25) is 0 Å². The molecule has 104 valence electrons. The highest BCUT2D eigenvalue weighted by Gasteiger charge is 2.18. The Morgan fingerprint density at radius 1 is 1.37 bits per heavy atom. The van der Waals surface area contributed by atoms with E-state index in [1.165, 1.54) is 11.3 Å². The van der Waals surface area contributed by atoms with Crippen molar-refractivity contribution >= 4 is 29.2 Å². The molecule has 0 aliphatic carbocycles. The van der Waals surface area contributed by atoms with Crippen molar-refractivity contribution in [3.05, 3.63) is 21.9 Å². The number of carboxylic acid groups (broad SMARTS) is 1. The number of thiophene rings is 1. The van der Waals surface area contributed by atoms with Crippen molar-refractivity contribution in [3.8, 4) is 0 Å². The average molecular weight is 285 g/mol. The third kappa shape index (κ3) is 5.38. The molecule has 0 saturated heterocycles. The van der Waals surface area contributed by atoms with E-state index in [2.05, 4.69) is 5.32 Å². The van der Waals surface area contributed by atoms with Crippen LogP contribution in [0.5, 0.6) is 0 Å². The van der Waals surface area contributed by atoms with E-state index in [1.807, 2.05) is 19.1 Å². The molecule has 1 heterocycles. The van der Waals surface area contributed by atoms with E-state index in [-0.39, 0.29) is 6.54 Å². The van der Waals surface area contributed by atoms with Gasteiger partial charge >= 0.3 is 12.0 Å². The van der Waals surface area contributed by atoms with Crippen LogP contribution in [-0.2, 0) is 16.1 Å². The van der Waals surface area contributed by atoms with Crippen molar-refractivity contribution in [2.45, 2.75) is 13.5 Å². The number of hydrogen-bond donors (Lipinski definition) is 3. The number of aryl methyl sites for hydroxylation is 1. The maximum absolute atomic E-state index is 11.7. The van der Waals surface area contributed by atoms with E-state index in [0.717, 1.165) is 14.7 Å².